The maximum atomic E-state index is 6.09. The van der Waals surface area contributed by atoms with Crippen LogP contribution in [-0.4, -0.2) is 15.3 Å². The molecule has 1 aromatic carbocycles. The molecule has 1 aliphatic rings. The molecule has 16 heavy (non-hydrogen) atoms. The average Bonchev–Trinajstić information content (AvgIpc) is 2.91. The summed E-state index contributed by atoms with van der Waals surface area (Å²) < 4.78 is 1.91. The van der Waals surface area contributed by atoms with E-state index in [0.29, 0.717) is 0 Å². The highest BCUT2D eigenvalue weighted by molar-refractivity contribution is 5.79. The van der Waals surface area contributed by atoms with E-state index in [2.05, 4.69) is 23.3 Å². The van der Waals surface area contributed by atoms with E-state index in [4.69, 9.17) is 5.73 Å². The molecule has 84 valence electrons. The smallest absolute Gasteiger partial charge is 0.0679 e. The first-order valence-corrected chi connectivity index (χ1v) is 5.86. The number of benzene rings is 1. The zero-order valence-electron chi connectivity index (χ0n) is 9.61. The quantitative estimate of drug-likeness (QED) is 0.851. The number of rotatable bonds is 3. The van der Waals surface area contributed by atoms with Gasteiger partial charge in [-0.2, -0.15) is 5.10 Å². The largest absolute Gasteiger partial charge is 0.325 e. The third kappa shape index (κ3) is 1.71. The van der Waals surface area contributed by atoms with Gasteiger partial charge in [-0.05, 0) is 43.4 Å². The van der Waals surface area contributed by atoms with E-state index in [1.165, 1.54) is 29.3 Å². The number of aromatic nitrogens is 2. The molecule has 0 saturated heterocycles. The minimum Gasteiger partial charge on any atom is -0.325 e. The zero-order valence-corrected chi connectivity index (χ0v) is 9.61. The topological polar surface area (TPSA) is 43.8 Å². The van der Waals surface area contributed by atoms with Gasteiger partial charge in [0, 0.05) is 18.0 Å². The average molecular weight is 215 g/mol. The molecule has 1 fully saturated rings. The lowest BCUT2D eigenvalue weighted by Gasteiger charge is -2.08. The second-order valence-corrected chi connectivity index (χ2v) is 5.02. The SMILES string of the molecule is Cn1ncc2cc(CCC3(N)CC3)ccc21. The van der Waals surface area contributed by atoms with Gasteiger partial charge in [0.25, 0.3) is 0 Å². The van der Waals surface area contributed by atoms with Crippen LogP contribution < -0.4 is 5.73 Å². The molecule has 0 radical (unpaired) electrons. The van der Waals surface area contributed by atoms with Crippen LogP contribution in [0, 0.1) is 0 Å². The molecule has 0 unspecified atom stereocenters. The van der Waals surface area contributed by atoms with E-state index in [1.807, 2.05) is 17.9 Å². The summed E-state index contributed by atoms with van der Waals surface area (Å²) in [5.74, 6) is 0. The molecule has 2 aromatic rings. The van der Waals surface area contributed by atoms with Gasteiger partial charge >= 0.3 is 0 Å². The van der Waals surface area contributed by atoms with Crippen LogP contribution in [0.15, 0.2) is 24.4 Å². The number of nitrogens with zero attached hydrogens (tertiary/aromatic N) is 2. The van der Waals surface area contributed by atoms with E-state index in [0.717, 1.165) is 12.8 Å². The lowest BCUT2D eigenvalue weighted by molar-refractivity contribution is 0.609. The van der Waals surface area contributed by atoms with Crippen LogP contribution in [-0.2, 0) is 13.5 Å². The van der Waals surface area contributed by atoms with Crippen LogP contribution in [0.25, 0.3) is 10.9 Å². The fourth-order valence-electron chi connectivity index (χ4n) is 2.17. The molecular weight excluding hydrogens is 198 g/mol. The molecular formula is C13H17N3. The minimum atomic E-state index is 0.157. The van der Waals surface area contributed by atoms with Crippen molar-refractivity contribution in [2.24, 2.45) is 12.8 Å². The number of aryl methyl sites for hydroxylation is 2. The van der Waals surface area contributed by atoms with Gasteiger partial charge in [-0.3, -0.25) is 4.68 Å². The molecule has 0 amide bonds. The highest BCUT2D eigenvalue weighted by Crippen LogP contribution is 2.36. The van der Waals surface area contributed by atoms with Crippen LogP contribution in [0.5, 0.6) is 0 Å². The molecule has 1 aliphatic carbocycles. The Labute approximate surface area is 95.2 Å². The molecule has 1 saturated carbocycles. The Morgan fingerprint density at radius 1 is 1.44 bits per heavy atom. The Morgan fingerprint density at radius 2 is 2.25 bits per heavy atom. The van der Waals surface area contributed by atoms with Crippen LogP contribution in [0.1, 0.15) is 24.8 Å². The molecule has 0 atom stereocenters. The van der Waals surface area contributed by atoms with E-state index in [9.17, 15) is 0 Å². The van der Waals surface area contributed by atoms with Crippen molar-refractivity contribution in [1.29, 1.82) is 0 Å². The Bertz CT molecular complexity index is 523. The zero-order chi connectivity index (χ0) is 11.2. The summed E-state index contributed by atoms with van der Waals surface area (Å²) in [6.07, 6.45) is 6.51. The predicted octanol–water partition coefficient (Wildman–Crippen LogP) is 2.00. The predicted molar refractivity (Wildman–Crippen MR) is 65.2 cm³/mol. The van der Waals surface area contributed by atoms with Crippen LogP contribution >= 0.6 is 0 Å². The van der Waals surface area contributed by atoms with Crippen molar-refractivity contribution in [3.05, 3.63) is 30.0 Å². The maximum Gasteiger partial charge on any atom is 0.0679 e. The van der Waals surface area contributed by atoms with Crippen molar-refractivity contribution in [3.8, 4) is 0 Å². The van der Waals surface area contributed by atoms with Crippen molar-refractivity contribution >= 4 is 10.9 Å². The van der Waals surface area contributed by atoms with Crippen molar-refractivity contribution < 1.29 is 0 Å². The Kier molecular flexibility index (Phi) is 2.04. The molecule has 1 aromatic heterocycles. The molecule has 0 spiro atoms. The fraction of sp³-hybridized carbons (Fsp3) is 0.462. The molecule has 3 heteroatoms. The third-order valence-corrected chi connectivity index (χ3v) is 3.61. The highest BCUT2D eigenvalue weighted by Gasteiger charge is 2.37. The maximum absolute atomic E-state index is 6.09. The monoisotopic (exact) mass is 215 g/mol. The van der Waals surface area contributed by atoms with E-state index in [-0.39, 0.29) is 5.54 Å². The number of fused-ring (bicyclic) bond motifs is 1. The molecule has 0 bridgehead atoms. The van der Waals surface area contributed by atoms with Gasteiger partial charge in [0.2, 0.25) is 0 Å². The summed E-state index contributed by atoms with van der Waals surface area (Å²) in [7, 11) is 1.97. The van der Waals surface area contributed by atoms with E-state index < -0.39 is 0 Å². The Balaban J connectivity index is 1.82. The van der Waals surface area contributed by atoms with Gasteiger partial charge in [0.1, 0.15) is 0 Å². The molecule has 1 heterocycles. The van der Waals surface area contributed by atoms with Crippen molar-refractivity contribution in [2.45, 2.75) is 31.2 Å². The standard InChI is InChI=1S/C13H17N3/c1-16-12-3-2-10(8-11(12)9-15-16)4-5-13(14)6-7-13/h2-3,8-9H,4-7,14H2,1H3. The summed E-state index contributed by atoms with van der Waals surface area (Å²) in [6, 6.07) is 6.57. The Hall–Kier alpha value is -1.35. The van der Waals surface area contributed by atoms with Gasteiger partial charge < -0.3 is 5.73 Å². The first-order chi connectivity index (χ1) is 7.66. The third-order valence-electron chi connectivity index (χ3n) is 3.61. The lowest BCUT2D eigenvalue weighted by atomic mass is 10.0. The van der Waals surface area contributed by atoms with Gasteiger partial charge in [0.05, 0.1) is 11.7 Å². The summed E-state index contributed by atoms with van der Waals surface area (Å²) >= 11 is 0. The fourth-order valence-corrected chi connectivity index (χ4v) is 2.17. The van der Waals surface area contributed by atoms with Gasteiger partial charge in [0.15, 0.2) is 0 Å². The summed E-state index contributed by atoms with van der Waals surface area (Å²) in [5, 5.41) is 5.47. The molecule has 3 rings (SSSR count). The van der Waals surface area contributed by atoms with Crippen molar-refractivity contribution in [1.82, 2.24) is 9.78 Å². The van der Waals surface area contributed by atoms with Crippen LogP contribution in [0.4, 0.5) is 0 Å². The summed E-state index contributed by atoms with van der Waals surface area (Å²) in [6.45, 7) is 0. The molecule has 0 aliphatic heterocycles. The van der Waals surface area contributed by atoms with Crippen molar-refractivity contribution in [3.63, 3.8) is 0 Å². The number of nitrogens with two attached hydrogens (primary N) is 1. The van der Waals surface area contributed by atoms with E-state index >= 15 is 0 Å². The second kappa shape index (κ2) is 3.32. The summed E-state index contributed by atoms with van der Waals surface area (Å²) in [5.41, 5.74) is 8.82. The van der Waals surface area contributed by atoms with Crippen LogP contribution in [0.2, 0.25) is 0 Å². The second-order valence-electron chi connectivity index (χ2n) is 5.02. The van der Waals surface area contributed by atoms with Crippen LogP contribution in [0.3, 0.4) is 0 Å². The number of hydrogen-bond donors (Lipinski definition) is 1. The lowest BCUT2D eigenvalue weighted by Crippen LogP contribution is -2.22. The minimum absolute atomic E-state index is 0.157. The van der Waals surface area contributed by atoms with E-state index in [1.54, 1.807) is 0 Å². The first-order valence-electron chi connectivity index (χ1n) is 5.86. The van der Waals surface area contributed by atoms with Crippen molar-refractivity contribution in [2.75, 3.05) is 0 Å². The summed E-state index contributed by atoms with van der Waals surface area (Å²) in [4.78, 5) is 0. The molecule has 2 N–H and O–H groups in total. The number of hydrogen-bond acceptors (Lipinski definition) is 2. The Morgan fingerprint density at radius 3 is 3.00 bits per heavy atom. The molecule has 3 nitrogen and oxygen atoms in total. The van der Waals surface area contributed by atoms with Gasteiger partial charge in [-0.15, -0.1) is 0 Å². The normalized spacial score (nSPS) is 17.9. The van der Waals surface area contributed by atoms with Gasteiger partial charge in [-0.1, -0.05) is 6.07 Å². The highest BCUT2D eigenvalue weighted by atomic mass is 15.2. The first kappa shape index (κ1) is 9.85. The van der Waals surface area contributed by atoms with Gasteiger partial charge in [-0.25, -0.2) is 0 Å².